The lowest BCUT2D eigenvalue weighted by Gasteiger charge is -2.20. The van der Waals surface area contributed by atoms with Crippen LogP contribution in [0.2, 0.25) is 0 Å². The molecule has 0 spiro atoms. The van der Waals surface area contributed by atoms with Crippen LogP contribution in [0.15, 0.2) is 53.7 Å². The Morgan fingerprint density at radius 1 is 1.20 bits per heavy atom. The summed E-state index contributed by atoms with van der Waals surface area (Å²) >= 11 is 0. The molecule has 0 radical (unpaired) electrons. The number of sulfonamides is 1. The minimum Gasteiger partial charge on any atom is -0.460 e. The first-order valence-corrected chi connectivity index (χ1v) is 11.3. The number of carbonyl (C=O) groups is 2. The minimum atomic E-state index is -3.56. The minimum absolute atomic E-state index is 0.0609. The highest BCUT2D eigenvalue weighted by atomic mass is 32.2. The molecule has 9 heteroatoms. The Labute approximate surface area is 176 Å². The predicted octanol–water partition coefficient (Wildman–Crippen LogP) is 2.21. The predicted molar refractivity (Wildman–Crippen MR) is 111 cm³/mol. The van der Waals surface area contributed by atoms with E-state index in [2.05, 4.69) is 4.98 Å². The first-order chi connectivity index (χ1) is 14.4. The van der Waals surface area contributed by atoms with Crippen LogP contribution in [0.25, 0.3) is 0 Å². The van der Waals surface area contributed by atoms with Crippen molar-refractivity contribution in [2.24, 2.45) is 5.92 Å². The third kappa shape index (κ3) is 4.68. The number of ether oxygens (including phenoxy) is 1. The van der Waals surface area contributed by atoms with Crippen molar-refractivity contribution in [2.45, 2.75) is 31.8 Å². The highest BCUT2D eigenvalue weighted by molar-refractivity contribution is 7.89. The second-order valence-corrected chi connectivity index (χ2v) is 8.90. The Balaban J connectivity index is 1.65. The van der Waals surface area contributed by atoms with Crippen molar-refractivity contribution in [1.29, 1.82) is 0 Å². The summed E-state index contributed by atoms with van der Waals surface area (Å²) in [6.45, 7) is 4.64. The molecule has 8 nitrogen and oxygen atoms in total. The van der Waals surface area contributed by atoms with E-state index in [0.717, 1.165) is 5.56 Å². The fourth-order valence-corrected chi connectivity index (χ4v) is 4.84. The summed E-state index contributed by atoms with van der Waals surface area (Å²) in [6.07, 6.45) is 3.32. The molecule has 0 aliphatic carbocycles. The van der Waals surface area contributed by atoms with Gasteiger partial charge in [0.05, 0.1) is 10.8 Å². The summed E-state index contributed by atoms with van der Waals surface area (Å²) in [5, 5.41) is 0. The number of esters is 1. The van der Waals surface area contributed by atoms with Gasteiger partial charge in [0.15, 0.2) is 0 Å². The van der Waals surface area contributed by atoms with Gasteiger partial charge in [-0.1, -0.05) is 19.9 Å². The van der Waals surface area contributed by atoms with Crippen molar-refractivity contribution in [3.63, 3.8) is 0 Å². The molecule has 160 valence electrons. The molecule has 1 unspecified atom stereocenters. The van der Waals surface area contributed by atoms with Gasteiger partial charge in [-0.2, -0.15) is 4.31 Å². The van der Waals surface area contributed by atoms with Crippen LogP contribution < -0.4 is 4.90 Å². The van der Waals surface area contributed by atoms with Gasteiger partial charge in [0.25, 0.3) is 0 Å². The van der Waals surface area contributed by atoms with Crippen molar-refractivity contribution in [3.8, 4) is 0 Å². The maximum atomic E-state index is 12.6. The van der Waals surface area contributed by atoms with Gasteiger partial charge in [-0.15, -0.1) is 0 Å². The Morgan fingerprint density at radius 2 is 1.90 bits per heavy atom. The maximum absolute atomic E-state index is 12.6. The number of anilines is 1. The van der Waals surface area contributed by atoms with Gasteiger partial charge >= 0.3 is 5.97 Å². The van der Waals surface area contributed by atoms with Gasteiger partial charge in [0.2, 0.25) is 15.9 Å². The molecule has 2 heterocycles. The van der Waals surface area contributed by atoms with E-state index in [0.29, 0.717) is 18.8 Å². The third-order valence-corrected chi connectivity index (χ3v) is 7.12. The largest absolute Gasteiger partial charge is 0.460 e. The summed E-state index contributed by atoms with van der Waals surface area (Å²) in [4.78, 5) is 30.4. The summed E-state index contributed by atoms with van der Waals surface area (Å²) in [7, 11) is -3.56. The molecular formula is C21H25N3O5S. The van der Waals surface area contributed by atoms with Crippen LogP contribution in [0.5, 0.6) is 0 Å². The summed E-state index contributed by atoms with van der Waals surface area (Å²) in [6, 6.07) is 9.73. The molecule has 1 aliphatic rings. The molecule has 30 heavy (non-hydrogen) atoms. The molecule has 1 aliphatic heterocycles. The fraction of sp³-hybridized carbons (Fsp3) is 0.381. The number of pyridine rings is 1. The molecule has 1 aromatic carbocycles. The van der Waals surface area contributed by atoms with Gasteiger partial charge in [0.1, 0.15) is 6.61 Å². The molecule has 3 rings (SSSR count). The monoisotopic (exact) mass is 431 g/mol. The first kappa shape index (κ1) is 21.9. The van der Waals surface area contributed by atoms with Gasteiger partial charge in [-0.3, -0.25) is 14.6 Å². The lowest BCUT2D eigenvalue weighted by Crippen LogP contribution is -2.30. The number of aromatic nitrogens is 1. The van der Waals surface area contributed by atoms with Crippen LogP contribution in [0.4, 0.5) is 5.69 Å². The van der Waals surface area contributed by atoms with E-state index < -0.39 is 21.9 Å². The lowest BCUT2D eigenvalue weighted by molar-refractivity contribution is -0.149. The zero-order valence-electron chi connectivity index (χ0n) is 17.0. The third-order valence-electron chi connectivity index (χ3n) is 5.05. The highest BCUT2D eigenvalue weighted by Gasteiger charge is 2.36. The number of rotatable bonds is 8. The molecule has 1 atom stereocenters. The number of amides is 1. The average molecular weight is 432 g/mol. The zero-order chi connectivity index (χ0) is 21.7. The van der Waals surface area contributed by atoms with E-state index in [1.165, 1.54) is 21.3 Å². The van der Waals surface area contributed by atoms with Crippen molar-refractivity contribution >= 4 is 27.6 Å². The van der Waals surface area contributed by atoms with Crippen LogP contribution in [0, 0.1) is 5.92 Å². The first-order valence-electron chi connectivity index (χ1n) is 9.83. The maximum Gasteiger partial charge on any atom is 0.311 e. The van der Waals surface area contributed by atoms with Gasteiger partial charge < -0.3 is 9.64 Å². The Bertz CT molecular complexity index is 989. The van der Waals surface area contributed by atoms with Gasteiger partial charge in [-0.25, -0.2) is 8.42 Å². The van der Waals surface area contributed by atoms with E-state index in [1.807, 2.05) is 0 Å². The van der Waals surface area contributed by atoms with Crippen LogP contribution >= 0.6 is 0 Å². The van der Waals surface area contributed by atoms with E-state index in [1.54, 1.807) is 50.5 Å². The molecule has 0 N–H and O–H groups in total. The van der Waals surface area contributed by atoms with E-state index >= 15 is 0 Å². The van der Waals surface area contributed by atoms with Crippen molar-refractivity contribution in [3.05, 3.63) is 54.4 Å². The fourth-order valence-electron chi connectivity index (χ4n) is 3.38. The molecular weight excluding hydrogens is 406 g/mol. The van der Waals surface area contributed by atoms with Crippen LogP contribution in [0.1, 0.15) is 25.8 Å². The summed E-state index contributed by atoms with van der Waals surface area (Å²) in [5.41, 5.74) is 1.33. The van der Waals surface area contributed by atoms with E-state index in [-0.39, 0.29) is 30.4 Å². The molecule has 1 fully saturated rings. The average Bonchev–Trinajstić information content (AvgIpc) is 3.15. The van der Waals surface area contributed by atoms with E-state index in [9.17, 15) is 18.0 Å². The van der Waals surface area contributed by atoms with Crippen molar-refractivity contribution in [2.75, 3.05) is 24.5 Å². The Hall–Kier alpha value is -2.78. The second-order valence-electron chi connectivity index (χ2n) is 6.96. The highest BCUT2D eigenvalue weighted by Crippen LogP contribution is 2.27. The number of carbonyl (C=O) groups excluding carboxylic acids is 2. The Kier molecular flexibility index (Phi) is 6.84. The van der Waals surface area contributed by atoms with E-state index in [4.69, 9.17) is 4.74 Å². The number of hydrogen-bond donors (Lipinski definition) is 0. The van der Waals surface area contributed by atoms with Crippen molar-refractivity contribution < 1.29 is 22.7 Å². The SMILES string of the molecule is CCN(CC)S(=O)(=O)c1ccc(N2CC(C(=O)OCc3cccnc3)CC2=O)cc1. The smallest absolute Gasteiger partial charge is 0.311 e. The Morgan fingerprint density at radius 3 is 2.50 bits per heavy atom. The normalized spacial score (nSPS) is 16.8. The summed E-state index contributed by atoms with van der Waals surface area (Å²) in [5.74, 6) is -1.19. The standard InChI is InChI=1S/C21H25N3O5S/c1-3-23(4-2)30(27,28)19-9-7-18(8-10-19)24-14-17(12-20(24)25)21(26)29-15-16-6-5-11-22-13-16/h5-11,13,17H,3-4,12,14-15H2,1-2H3. The molecule has 2 aromatic rings. The van der Waals surface area contributed by atoms with Gasteiger partial charge in [-0.05, 0) is 30.3 Å². The topological polar surface area (TPSA) is 96.9 Å². The second kappa shape index (κ2) is 9.36. The molecule has 1 amide bonds. The summed E-state index contributed by atoms with van der Waals surface area (Å²) < 4.78 is 31.9. The van der Waals surface area contributed by atoms with Crippen LogP contribution in [0.3, 0.4) is 0 Å². The number of nitrogens with zero attached hydrogens (tertiary/aromatic N) is 3. The molecule has 0 saturated carbocycles. The van der Waals surface area contributed by atoms with Gasteiger partial charge in [0, 0.05) is 49.7 Å². The molecule has 1 saturated heterocycles. The number of benzene rings is 1. The molecule has 1 aromatic heterocycles. The quantitative estimate of drug-likeness (QED) is 0.595. The lowest BCUT2D eigenvalue weighted by atomic mass is 10.1. The van der Waals surface area contributed by atoms with Crippen LogP contribution in [-0.4, -0.2) is 49.2 Å². The molecule has 0 bridgehead atoms. The zero-order valence-corrected chi connectivity index (χ0v) is 17.8. The number of hydrogen-bond acceptors (Lipinski definition) is 6. The van der Waals surface area contributed by atoms with Crippen LogP contribution in [-0.2, 0) is 31.0 Å². The van der Waals surface area contributed by atoms with Crippen molar-refractivity contribution in [1.82, 2.24) is 9.29 Å².